The second-order valence-corrected chi connectivity index (χ2v) is 9.11. The fraction of sp³-hybridized carbons (Fsp3) is 0.286. The van der Waals surface area contributed by atoms with Gasteiger partial charge in [-0.05, 0) is 36.8 Å². The van der Waals surface area contributed by atoms with E-state index in [1.54, 1.807) is 25.1 Å². The molecule has 1 N–H and O–H groups in total. The second kappa shape index (κ2) is 8.76. The quantitative estimate of drug-likeness (QED) is 0.462. The average molecular weight is 446 g/mol. The van der Waals surface area contributed by atoms with Crippen molar-refractivity contribution in [2.75, 3.05) is 31.0 Å². The van der Waals surface area contributed by atoms with Gasteiger partial charge in [-0.25, -0.2) is 8.42 Å². The molecule has 0 fully saturated rings. The van der Waals surface area contributed by atoms with E-state index in [-0.39, 0.29) is 16.8 Å². The highest BCUT2D eigenvalue weighted by Gasteiger charge is 2.43. The molecule has 3 rings (SSSR count). The third-order valence-electron chi connectivity index (χ3n) is 4.81. The maximum Gasteiger partial charge on any atom is 0.264 e. The Morgan fingerprint density at radius 3 is 2.48 bits per heavy atom. The summed E-state index contributed by atoms with van der Waals surface area (Å²) in [6, 6.07) is 8.13. The number of sulfone groups is 1. The molecule has 2 aromatic carbocycles. The van der Waals surface area contributed by atoms with Crippen LogP contribution in [-0.2, 0) is 14.6 Å². The molecule has 0 radical (unpaired) electrons. The van der Waals surface area contributed by atoms with Crippen LogP contribution >= 0.6 is 0 Å². The third-order valence-corrected chi connectivity index (χ3v) is 5.73. The SMILES string of the molecule is CCOc1cc([C@@H](CS(C)(=O)=O)N2C(=O)c3cccc(NC=O)c3C2=O)ccc1OC. The van der Waals surface area contributed by atoms with Crippen molar-refractivity contribution in [3.05, 3.63) is 53.1 Å². The molecule has 1 atom stereocenters. The zero-order valence-corrected chi connectivity index (χ0v) is 18.1. The van der Waals surface area contributed by atoms with Crippen molar-refractivity contribution in [3.63, 3.8) is 0 Å². The van der Waals surface area contributed by atoms with Crippen molar-refractivity contribution < 1.29 is 32.3 Å². The first kappa shape index (κ1) is 22.3. The molecule has 0 aromatic heterocycles. The minimum atomic E-state index is -3.59. The van der Waals surface area contributed by atoms with Crippen LogP contribution in [0, 0.1) is 0 Å². The Kier molecular flexibility index (Phi) is 6.30. The van der Waals surface area contributed by atoms with Crippen molar-refractivity contribution >= 4 is 33.7 Å². The molecular weight excluding hydrogens is 424 g/mol. The molecule has 0 saturated carbocycles. The molecule has 31 heavy (non-hydrogen) atoms. The summed E-state index contributed by atoms with van der Waals surface area (Å²) in [5.41, 5.74) is 0.691. The molecule has 0 bridgehead atoms. The molecule has 2 aromatic rings. The van der Waals surface area contributed by atoms with Crippen molar-refractivity contribution in [1.29, 1.82) is 0 Å². The van der Waals surface area contributed by atoms with Gasteiger partial charge >= 0.3 is 0 Å². The number of hydrogen-bond donors (Lipinski definition) is 1. The predicted molar refractivity (Wildman–Crippen MR) is 113 cm³/mol. The van der Waals surface area contributed by atoms with E-state index < -0.39 is 33.4 Å². The fourth-order valence-corrected chi connectivity index (χ4v) is 4.46. The van der Waals surface area contributed by atoms with Gasteiger partial charge in [-0.3, -0.25) is 19.3 Å². The molecule has 0 spiro atoms. The van der Waals surface area contributed by atoms with Crippen molar-refractivity contribution in [1.82, 2.24) is 4.90 Å². The van der Waals surface area contributed by atoms with Gasteiger partial charge in [0.05, 0.1) is 42.3 Å². The Bertz CT molecular complexity index is 1140. The molecule has 0 saturated heterocycles. The highest BCUT2D eigenvalue weighted by Crippen LogP contribution is 2.38. The van der Waals surface area contributed by atoms with Crippen LogP contribution in [0.5, 0.6) is 11.5 Å². The van der Waals surface area contributed by atoms with Gasteiger partial charge in [0.2, 0.25) is 6.41 Å². The standard InChI is InChI=1S/C21H22N2O7S/c1-4-30-18-10-13(8-9-17(18)29-2)16(11-31(3,27)28)23-20(25)14-6-5-7-15(22-12-24)19(14)21(23)26/h5-10,12,16H,4,11H2,1-3H3,(H,22,24)/t16-/m1/s1. The second-order valence-electron chi connectivity index (χ2n) is 6.92. The smallest absolute Gasteiger partial charge is 0.264 e. The van der Waals surface area contributed by atoms with Crippen LogP contribution in [0.2, 0.25) is 0 Å². The molecular formula is C21H22N2O7S. The summed E-state index contributed by atoms with van der Waals surface area (Å²) in [6.45, 7) is 2.12. The molecule has 9 nitrogen and oxygen atoms in total. The Morgan fingerprint density at radius 1 is 1.13 bits per heavy atom. The topological polar surface area (TPSA) is 119 Å². The number of hydrogen-bond acceptors (Lipinski definition) is 7. The van der Waals surface area contributed by atoms with E-state index in [1.807, 2.05) is 0 Å². The number of imide groups is 1. The van der Waals surface area contributed by atoms with Gasteiger partial charge in [-0.2, -0.15) is 0 Å². The number of nitrogens with one attached hydrogen (secondary N) is 1. The summed E-state index contributed by atoms with van der Waals surface area (Å²) in [6.07, 6.45) is 1.44. The van der Waals surface area contributed by atoms with Gasteiger partial charge in [0.1, 0.15) is 9.84 Å². The number of ether oxygens (including phenoxy) is 2. The third kappa shape index (κ3) is 4.38. The van der Waals surface area contributed by atoms with Crippen molar-refractivity contribution in [2.24, 2.45) is 0 Å². The summed E-state index contributed by atoms with van der Waals surface area (Å²) < 4.78 is 35.2. The van der Waals surface area contributed by atoms with Crippen LogP contribution in [-0.4, -0.2) is 57.3 Å². The lowest BCUT2D eigenvalue weighted by Crippen LogP contribution is -2.37. The maximum atomic E-state index is 13.2. The number of amides is 3. The number of rotatable bonds is 9. The monoisotopic (exact) mass is 446 g/mol. The minimum absolute atomic E-state index is 0.0247. The lowest BCUT2D eigenvalue weighted by atomic mass is 10.1. The molecule has 1 heterocycles. The molecule has 1 aliphatic rings. The Labute approximate surface area is 179 Å². The Balaban J connectivity index is 2.13. The largest absolute Gasteiger partial charge is 0.493 e. The van der Waals surface area contributed by atoms with Crippen molar-refractivity contribution in [3.8, 4) is 11.5 Å². The number of benzene rings is 2. The first-order valence-electron chi connectivity index (χ1n) is 9.41. The lowest BCUT2D eigenvalue weighted by molar-refractivity contribution is -0.105. The molecule has 0 aliphatic carbocycles. The Hall–Kier alpha value is -3.40. The van der Waals surface area contributed by atoms with Gasteiger partial charge in [-0.1, -0.05) is 12.1 Å². The summed E-state index contributed by atoms with van der Waals surface area (Å²) in [5.74, 6) is -1.01. The van der Waals surface area contributed by atoms with Gasteiger partial charge in [0.25, 0.3) is 11.8 Å². The zero-order valence-electron chi connectivity index (χ0n) is 17.2. The number of fused-ring (bicyclic) bond motifs is 1. The van der Waals surface area contributed by atoms with Crippen molar-refractivity contribution in [2.45, 2.75) is 13.0 Å². The number of carbonyl (C=O) groups excluding carboxylic acids is 3. The van der Waals surface area contributed by atoms with Crippen LogP contribution in [0.25, 0.3) is 0 Å². The predicted octanol–water partition coefficient (Wildman–Crippen LogP) is 2.04. The maximum absolute atomic E-state index is 13.2. The van der Waals surface area contributed by atoms with E-state index in [4.69, 9.17) is 9.47 Å². The molecule has 164 valence electrons. The van der Waals surface area contributed by atoms with Crippen LogP contribution in [0.3, 0.4) is 0 Å². The number of methoxy groups -OCH3 is 1. The normalized spacial score (nSPS) is 14.2. The molecule has 10 heteroatoms. The Morgan fingerprint density at radius 2 is 1.87 bits per heavy atom. The summed E-state index contributed by atoms with van der Waals surface area (Å²) in [4.78, 5) is 38.2. The molecule has 0 unspecified atom stereocenters. The number of nitrogens with zero attached hydrogens (tertiary/aromatic N) is 1. The fourth-order valence-electron chi connectivity index (χ4n) is 3.55. The first-order valence-corrected chi connectivity index (χ1v) is 11.5. The summed E-state index contributed by atoms with van der Waals surface area (Å²) >= 11 is 0. The first-order chi connectivity index (χ1) is 14.7. The highest BCUT2D eigenvalue weighted by molar-refractivity contribution is 7.90. The van der Waals surface area contributed by atoms with Crippen LogP contribution in [0.15, 0.2) is 36.4 Å². The minimum Gasteiger partial charge on any atom is -0.493 e. The molecule has 3 amide bonds. The van der Waals surface area contributed by atoms with E-state index >= 15 is 0 Å². The van der Waals surface area contributed by atoms with Gasteiger partial charge < -0.3 is 14.8 Å². The highest BCUT2D eigenvalue weighted by atomic mass is 32.2. The average Bonchev–Trinajstić information content (AvgIpc) is 2.97. The van der Waals surface area contributed by atoms with Crippen LogP contribution in [0.4, 0.5) is 5.69 Å². The summed E-state index contributed by atoms with van der Waals surface area (Å²) in [5, 5.41) is 2.41. The summed E-state index contributed by atoms with van der Waals surface area (Å²) in [7, 11) is -2.12. The van der Waals surface area contributed by atoms with E-state index in [0.717, 1.165) is 11.2 Å². The van der Waals surface area contributed by atoms with Gasteiger partial charge in [0.15, 0.2) is 11.5 Å². The van der Waals surface area contributed by atoms with E-state index in [0.29, 0.717) is 30.1 Å². The van der Waals surface area contributed by atoms with Crippen LogP contribution in [0.1, 0.15) is 39.2 Å². The van der Waals surface area contributed by atoms with E-state index in [2.05, 4.69) is 5.32 Å². The number of anilines is 1. The molecule has 1 aliphatic heterocycles. The van der Waals surface area contributed by atoms with E-state index in [1.165, 1.54) is 25.3 Å². The van der Waals surface area contributed by atoms with Crippen LogP contribution < -0.4 is 14.8 Å². The van der Waals surface area contributed by atoms with Gasteiger partial charge in [0, 0.05) is 6.26 Å². The lowest BCUT2D eigenvalue weighted by Gasteiger charge is -2.27. The van der Waals surface area contributed by atoms with Gasteiger partial charge in [-0.15, -0.1) is 0 Å². The van der Waals surface area contributed by atoms with E-state index in [9.17, 15) is 22.8 Å². The zero-order chi connectivity index (χ0) is 22.8. The number of carbonyl (C=O) groups is 3.